The number of carbonyl (C=O) groups is 1. The standard InChI is InChI=1S/C20H15FN2O2/c21-14-6-3-5-13(11-14)18-15(12-22)20(23-9-1-2-10-23)25-17-8-4-7-16(24)19(17)18/h1-3,5-6,9-11,18H,4,7-8H2/t18-/m0/s1. The van der Waals surface area contributed by atoms with E-state index in [0.29, 0.717) is 47.6 Å². The maximum absolute atomic E-state index is 13.8. The molecule has 0 bridgehead atoms. The van der Waals surface area contributed by atoms with Crippen LogP contribution in [0.25, 0.3) is 5.88 Å². The molecule has 25 heavy (non-hydrogen) atoms. The molecular weight excluding hydrogens is 319 g/mol. The first-order valence-corrected chi connectivity index (χ1v) is 8.16. The summed E-state index contributed by atoms with van der Waals surface area (Å²) >= 11 is 0. The van der Waals surface area contributed by atoms with Crippen LogP contribution in [-0.4, -0.2) is 10.4 Å². The van der Waals surface area contributed by atoms with Gasteiger partial charge in [-0.1, -0.05) is 12.1 Å². The van der Waals surface area contributed by atoms with Crippen LogP contribution in [0.1, 0.15) is 30.7 Å². The fourth-order valence-corrected chi connectivity index (χ4v) is 3.50. The zero-order chi connectivity index (χ0) is 17.4. The normalized spacial score (nSPS) is 20.2. The van der Waals surface area contributed by atoms with Gasteiger partial charge in [-0.2, -0.15) is 5.26 Å². The fourth-order valence-electron chi connectivity index (χ4n) is 3.50. The number of ether oxygens (including phenoxy) is 1. The van der Waals surface area contributed by atoms with E-state index in [0.717, 1.165) is 0 Å². The molecular formula is C20H15FN2O2. The lowest BCUT2D eigenvalue weighted by molar-refractivity contribution is -0.116. The average Bonchev–Trinajstić information content (AvgIpc) is 3.15. The van der Waals surface area contributed by atoms with E-state index in [9.17, 15) is 14.4 Å². The molecule has 1 atom stereocenters. The van der Waals surface area contributed by atoms with E-state index in [1.54, 1.807) is 29.1 Å². The summed E-state index contributed by atoms with van der Waals surface area (Å²) in [5.74, 6) is -0.0536. The van der Waals surface area contributed by atoms with Crippen LogP contribution in [0, 0.1) is 17.1 Å². The van der Waals surface area contributed by atoms with Crippen molar-refractivity contribution in [3.63, 3.8) is 0 Å². The van der Waals surface area contributed by atoms with E-state index in [1.165, 1.54) is 12.1 Å². The largest absolute Gasteiger partial charge is 0.443 e. The van der Waals surface area contributed by atoms with E-state index in [-0.39, 0.29) is 5.78 Å². The molecule has 1 aromatic carbocycles. The topological polar surface area (TPSA) is 55.0 Å². The SMILES string of the molecule is N#CC1=C(n2cccc2)OC2=C(C(=O)CCC2)[C@H]1c1cccc(F)c1. The predicted molar refractivity (Wildman–Crippen MR) is 89.4 cm³/mol. The van der Waals surface area contributed by atoms with Crippen LogP contribution in [0.3, 0.4) is 0 Å². The Hall–Kier alpha value is -3.13. The second-order valence-electron chi connectivity index (χ2n) is 6.12. The first-order valence-electron chi connectivity index (χ1n) is 8.16. The van der Waals surface area contributed by atoms with Gasteiger partial charge < -0.3 is 4.74 Å². The Morgan fingerprint density at radius 1 is 1.20 bits per heavy atom. The lowest BCUT2D eigenvalue weighted by atomic mass is 9.77. The van der Waals surface area contributed by atoms with Gasteiger partial charge in [0.2, 0.25) is 5.88 Å². The van der Waals surface area contributed by atoms with Crippen molar-refractivity contribution in [2.45, 2.75) is 25.2 Å². The van der Waals surface area contributed by atoms with Crippen molar-refractivity contribution in [1.29, 1.82) is 5.26 Å². The van der Waals surface area contributed by atoms with Gasteiger partial charge in [0.05, 0.1) is 5.92 Å². The maximum Gasteiger partial charge on any atom is 0.218 e. The molecule has 0 unspecified atom stereocenters. The van der Waals surface area contributed by atoms with E-state index < -0.39 is 11.7 Å². The molecule has 5 heteroatoms. The van der Waals surface area contributed by atoms with Gasteiger partial charge in [-0.05, 0) is 36.2 Å². The highest BCUT2D eigenvalue weighted by Gasteiger charge is 2.39. The molecule has 124 valence electrons. The predicted octanol–water partition coefficient (Wildman–Crippen LogP) is 4.14. The minimum atomic E-state index is -0.602. The Balaban J connectivity index is 1.96. The van der Waals surface area contributed by atoms with E-state index in [1.807, 2.05) is 12.1 Å². The molecule has 0 N–H and O–H groups in total. The third kappa shape index (κ3) is 2.56. The lowest BCUT2D eigenvalue weighted by Crippen LogP contribution is -2.26. The van der Waals surface area contributed by atoms with Crippen molar-refractivity contribution >= 4 is 11.7 Å². The van der Waals surface area contributed by atoms with Crippen LogP contribution >= 0.6 is 0 Å². The molecule has 4 rings (SSSR count). The van der Waals surface area contributed by atoms with Crippen molar-refractivity contribution in [3.8, 4) is 6.07 Å². The van der Waals surface area contributed by atoms with Gasteiger partial charge in [0.15, 0.2) is 5.78 Å². The summed E-state index contributed by atoms with van der Waals surface area (Å²) in [6.07, 6.45) is 5.34. The smallest absolute Gasteiger partial charge is 0.218 e. The van der Waals surface area contributed by atoms with Crippen molar-refractivity contribution < 1.29 is 13.9 Å². The quantitative estimate of drug-likeness (QED) is 0.829. The number of halogens is 1. The molecule has 2 heterocycles. The fraction of sp³-hybridized carbons (Fsp3) is 0.200. The average molecular weight is 334 g/mol. The van der Waals surface area contributed by atoms with Crippen molar-refractivity contribution in [1.82, 2.24) is 4.57 Å². The van der Waals surface area contributed by atoms with Crippen molar-refractivity contribution in [2.24, 2.45) is 0 Å². The van der Waals surface area contributed by atoms with Gasteiger partial charge in [0, 0.05) is 30.8 Å². The Bertz CT molecular complexity index is 948. The van der Waals surface area contributed by atoms with E-state index >= 15 is 0 Å². The molecule has 0 amide bonds. The van der Waals surface area contributed by atoms with E-state index in [4.69, 9.17) is 4.74 Å². The number of nitrogens with zero attached hydrogens (tertiary/aromatic N) is 2. The van der Waals surface area contributed by atoms with Crippen LogP contribution < -0.4 is 0 Å². The molecule has 0 fully saturated rings. The number of Topliss-reactive ketones (excluding diaryl/α,β-unsaturated/α-hetero) is 1. The summed E-state index contributed by atoms with van der Waals surface area (Å²) in [5, 5.41) is 9.81. The number of rotatable bonds is 2. The van der Waals surface area contributed by atoms with Gasteiger partial charge in [-0.15, -0.1) is 0 Å². The summed E-state index contributed by atoms with van der Waals surface area (Å²) < 4.78 is 21.5. The first kappa shape index (κ1) is 15.4. The van der Waals surface area contributed by atoms with Crippen LogP contribution in [0.5, 0.6) is 0 Å². The molecule has 1 aromatic heterocycles. The van der Waals surface area contributed by atoms with Gasteiger partial charge in [-0.25, -0.2) is 4.39 Å². The minimum absolute atomic E-state index is 0.0326. The maximum atomic E-state index is 13.8. The van der Waals surface area contributed by atoms with E-state index in [2.05, 4.69) is 6.07 Å². The molecule has 2 aromatic rings. The van der Waals surface area contributed by atoms with Crippen molar-refractivity contribution in [3.05, 3.63) is 77.1 Å². The number of hydrogen-bond acceptors (Lipinski definition) is 3. The minimum Gasteiger partial charge on any atom is -0.443 e. The number of benzene rings is 1. The lowest BCUT2D eigenvalue weighted by Gasteiger charge is -2.32. The molecule has 4 nitrogen and oxygen atoms in total. The summed E-state index contributed by atoms with van der Waals surface area (Å²) in [6, 6.07) is 11.9. The molecule has 2 aliphatic rings. The Morgan fingerprint density at radius 2 is 2.00 bits per heavy atom. The highest BCUT2D eigenvalue weighted by Crippen LogP contribution is 2.45. The highest BCUT2D eigenvalue weighted by atomic mass is 19.1. The number of aromatic nitrogens is 1. The molecule has 0 saturated heterocycles. The monoisotopic (exact) mass is 334 g/mol. The summed E-state index contributed by atoms with van der Waals surface area (Å²) in [5.41, 5.74) is 1.40. The molecule has 1 aliphatic heterocycles. The zero-order valence-electron chi connectivity index (χ0n) is 13.4. The Kier molecular flexibility index (Phi) is 3.73. The molecule has 0 spiro atoms. The molecule has 0 saturated carbocycles. The number of carbonyl (C=O) groups excluding carboxylic acids is 1. The van der Waals surface area contributed by atoms with Crippen LogP contribution in [0.2, 0.25) is 0 Å². The second kappa shape index (κ2) is 6.06. The third-order valence-electron chi connectivity index (χ3n) is 4.58. The van der Waals surface area contributed by atoms with Crippen LogP contribution in [0.4, 0.5) is 4.39 Å². The molecule has 1 aliphatic carbocycles. The highest BCUT2D eigenvalue weighted by molar-refractivity contribution is 6.00. The summed E-state index contributed by atoms with van der Waals surface area (Å²) in [7, 11) is 0. The van der Waals surface area contributed by atoms with Crippen LogP contribution in [0.15, 0.2) is 65.7 Å². The first-order chi connectivity index (χ1) is 12.2. The second-order valence-corrected chi connectivity index (χ2v) is 6.12. The third-order valence-corrected chi connectivity index (χ3v) is 4.58. The van der Waals surface area contributed by atoms with Gasteiger partial charge in [-0.3, -0.25) is 9.36 Å². The van der Waals surface area contributed by atoms with Gasteiger partial charge in [0.1, 0.15) is 23.2 Å². The van der Waals surface area contributed by atoms with Gasteiger partial charge >= 0.3 is 0 Å². The van der Waals surface area contributed by atoms with Crippen LogP contribution in [-0.2, 0) is 9.53 Å². The summed E-state index contributed by atoms with van der Waals surface area (Å²) in [6.45, 7) is 0. The number of ketones is 1. The Labute approximate surface area is 144 Å². The number of hydrogen-bond donors (Lipinski definition) is 0. The number of nitriles is 1. The van der Waals surface area contributed by atoms with Gasteiger partial charge in [0.25, 0.3) is 0 Å². The molecule has 0 radical (unpaired) electrons. The Morgan fingerprint density at radius 3 is 2.72 bits per heavy atom. The van der Waals surface area contributed by atoms with Crippen molar-refractivity contribution in [2.75, 3.05) is 0 Å². The zero-order valence-corrected chi connectivity index (χ0v) is 13.4. The summed E-state index contributed by atoms with van der Waals surface area (Å²) in [4.78, 5) is 12.6. The number of allylic oxidation sites excluding steroid dienone is 3.